The van der Waals surface area contributed by atoms with Gasteiger partial charge in [0.1, 0.15) is 11.9 Å². The predicted molar refractivity (Wildman–Crippen MR) is 60.8 cm³/mol. The summed E-state index contributed by atoms with van der Waals surface area (Å²) in [5.41, 5.74) is 1.02. The molecule has 0 spiro atoms. The fraction of sp³-hybridized carbons (Fsp3) is 0.444. The zero-order valence-corrected chi connectivity index (χ0v) is 9.53. The van der Waals surface area contributed by atoms with Crippen LogP contribution in [0.2, 0.25) is 0 Å². The summed E-state index contributed by atoms with van der Waals surface area (Å²) in [7, 11) is 0. The van der Waals surface area contributed by atoms with Gasteiger partial charge in [-0.1, -0.05) is 0 Å². The molecule has 1 fully saturated rings. The van der Waals surface area contributed by atoms with Gasteiger partial charge in [0.15, 0.2) is 0 Å². The third-order valence-corrected chi connectivity index (χ3v) is 1.93. The first-order chi connectivity index (χ1) is 5.84. The Bertz CT molecular complexity index is 262. The normalized spacial score (nSPS) is 14.6. The minimum atomic E-state index is 0. The number of aryl methyl sites for hydroxylation is 1. The molecule has 1 aliphatic rings. The molecule has 14 heavy (non-hydrogen) atoms. The fourth-order valence-electron chi connectivity index (χ4n) is 1.06. The van der Waals surface area contributed by atoms with E-state index in [1.54, 1.807) is 6.20 Å². The minimum absolute atomic E-state index is 0. The van der Waals surface area contributed by atoms with Crippen LogP contribution >= 0.6 is 24.8 Å². The molecule has 2 heterocycles. The molecule has 0 aliphatic carbocycles. The quantitative estimate of drug-likeness (QED) is 0.848. The van der Waals surface area contributed by atoms with Crippen LogP contribution in [0.4, 0.5) is 0 Å². The van der Waals surface area contributed by atoms with Crippen LogP contribution < -0.4 is 10.1 Å². The monoisotopic (exact) mass is 236 g/mol. The van der Waals surface area contributed by atoms with Crippen molar-refractivity contribution in [1.82, 2.24) is 10.3 Å². The molecule has 0 atom stereocenters. The first-order valence-corrected chi connectivity index (χ1v) is 4.14. The zero-order chi connectivity index (χ0) is 8.39. The Morgan fingerprint density at radius 1 is 1.36 bits per heavy atom. The number of hydrogen-bond donors (Lipinski definition) is 1. The number of nitrogens with zero attached hydrogens (tertiary/aromatic N) is 1. The Balaban J connectivity index is 0.000000845. The van der Waals surface area contributed by atoms with Crippen LogP contribution in [0.5, 0.6) is 5.75 Å². The van der Waals surface area contributed by atoms with Crippen molar-refractivity contribution in [3.05, 3.63) is 24.0 Å². The largest absolute Gasteiger partial charge is 0.486 e. The average Bonchev–Trinajstić information content (AvgIpc) is 2.00. The van der Waals surface area contributed by atoms with E-state index in [0.717, 1.165) is 24.5 Å². The summed E-state index contributed by atoms with van der Waals surface area (Å²) < 4.78 is 5.58. The van der Waals surface area contributed by atoms with E-state index in [9.17, 15) is 0 Å². The summed E-state index contributed by atoms with van der Waals surface area (Å²) in [5.74, 6) is 0.868. The van der Waals surface area contributed by atoms with E-state index < -0.39 is 0 Å². The molecule has 0 aromatic carbocycles. The molecule has 0 amide bonds. The van der Waals surface area contributed by atoms with Crippen molar-refractivity contribution in [2.24, 2.45) is 0 Å². The van der Waals surface area contributed by atoms with E-state index in [-0.39, 0.29) is 24.8 Å². The van der Waals surface area contributed by atoms with E-state index in [0.29, 0.717) is 6.10 Å². The van der Waals surface area contributed by atoms with Gasteiger partial charge in [-0.2, -0.15) is 0 Å². The molecule has 80 valence electrons. The summed E-state index contributed by atoms with van der Waals surface area (Å²) in [5, 5.41) is 3.15. The van der Waals surface area contributed by atoms with Crippen LogP contribution in [-0.4, -0.2) is 24.2 Å². The average molecular weight is 237 g/mol. The predicted octanol–water partition coefficient (Wildman–Crippen LogP) is 1.58. The van der Waals surface area contributed by atoms with Crippen LogP contribution in [0, 0.1) is 6.92 Å². The molecule has 1 aromatic rings. The van der Waals surface area contributed by atoms with Crippen LogP contribution in [0.1, 0.15) is 5.69 Å². The van der Waals surface area contributed by atoms with Gasteiger partial charge >= 0.3 is 0 Å². The van der Waals surface area contributed by atoms with Gasteiger partial charge in [-0.15, -0.1) is 24.8 Å². The standard InChI is InChI=1S/C9H12N2O.2ClH/c1-7-2-3-8(6-11-7)12-9-4-10-5-9;;/h2-3,6,9-10H,4-5H2,1H3;2*1H. The Labute approximate surface area is 96.1 Å². The highest BCUT2D eigenvalue weighted by Crippen LogP contribution is 2.12. The van der Waals surface area contributed by atoms with Crippen LogP contribution in [0.15, 0.2) is 18.3 Å². The summed E-state index contributed by atoms with van der Waals surface area (Å²) in [4.78, 5) is 4.15. The maximum absolute atomic E-state index is 5.58. The molecular weight excluding hydrogens is 223 g/mol. The number of aromatic nitrogens is 1. The first-order valence-electron chi connectivity index (χ1n) is 4.14. The highest BCUT2D eigenvalue weighted by atomic mass is 35.5. The van der Waals surface area contributed by atoms with Crippen molar-refractivity contribution in [3.8, 4) is 5.75 Å². The second kappa shape index (κ2) is 6.06. The molecule has 0 bridgehead atoms. The van der Waals surface area contributed by atoms with Crippen molar-refractivity contribution in [2.75, 3.05) is 13.1 Å². The van der Waals surface area contributed by atoms with Crippen molar-refractivity contribution in [3.63, 3.8) is 0 Å². The molecular formula is C9H14Cl2N2O. The molecule has 1 N–H and O–H groups in total. The minimum Gasteiger partial charge on any atom is -0.486 e. The van der Waals surface area contributed by atoms with E-state index >= 15 is 0 Å². The molecule has 1 aromatic heterocycles. The molecule has 1 saturated heterocycles. The van der Waals surface area contributed by atoms with Gasteiger partial charge in [0, 0.05) is 18.8 Å². The highest BCUT2D eigenvalue weighted by molar-refractivity contribution is 5.85. The van der Waals surface area contributed by atoms with Crippen LogP contribution in [0.3, 0.4) is 0 Å². The number of rotatable bonds is 2. The number of ether oxygens (including phenoxy) is 1. The van der Waals surface area contributed by atoms with Gasteiger partial charge in [-0.05, 0) is 19.1 Å². The highest BCUT2D eigenvalue weighted by Gasteiger charge is 2.17. The lowest BCUT2D eigenvalue weighted by molar-refractivity contribution is 0.141. The Hall–Kier alpha value is -0.510. The van der Waals surface area contributed by atoms with Gasteiger partial charge < -0.3 is 10.1 Å². The smallest absolute Gasteiger partial charge is 0.138 e. The SMILES string of the molecule is Cc1ccc(OC2CNC2)cn1.Cl.Cl. The van der Waals surface area contributed by atoms with Crippen molar-refractivity contribution < 1.29 is 4.74 Å². The second-order valence-corrected chi connectivity index (χ2v) is 3.03. The van der Waals surface area contributed by atoms with Gasteiger partial charge in [-0.3, -0.25) is 4.98 Å². The van der Waals surface area contributed by atoms with E-state index in [1.807, 2.05) is 19.1 Å². The lowest BCUT2D eigenvalue weighted by atomic mass is 10.2. The van der Waals surface area contributed by atoms with Gasteiger partial charge in [0.05, 0.1) is 6.20 Å². The Morgan fingerprint density at radius 3 is 2.50 bits per heavy atom. The summed E-state index contributed by atoms with van der Waals surface area (Å²) in [6.07, 6.45) is 2.11. The van der Waals surface area contributed by atoms with Gasteiger partial charge in [-0.25, -0.2) is 0 Å². The van der Waals surface area contributed by atoms with Crippen molar-refractivity contribution in [1.29, 1.82) is 0 Å². The molecule has 0 saturated carbocycles. The van der Waals surface area contributed by atoms with Crippen molar-refractivity contribution in [2.45, 2.75) is 13.0 Å². The second-order valence-electron chi connectivity index (χ2n) is 3.03. The lowest BCUT2D eigenvalue weighted by Gasteiger charge is -2.27. The zero-order valence-electron chi connectivity index (χ0n) is 7.90. The molecule has 5 heteroatoms. The number of hydrogen-bond acceptors (Lipinski definition) is 3. The molecule has 0 unspecified atom stereocenters. The molecule has 1 aliphatic heterocycles. The lowest BCUT2D eigenvalue weighted by Crippen LogP contribution is -2.50. The number of nitrogens with one attached hydrogen (secondary N) is 1. The Kier molecular flexibility index (Phi) is 5.84. The maximum Gasteiger partial charge on any atom is 0.138 e. The van der Waals surface area contributed by atoms with Crippen LogP contribution in [0.25, 0.3) is 0 Å². The van der Waals surface area contributed by atoms with E-state index in [1.165, 1.54) is 0 Å². The van der Waals surface area contributed by atoms with Crippen molar-refractivity contribution >= 4 is 24.8 Å². The molecule has 0 radical (unpaired) electrons. The van der Waals surface area contributed by atoms with Gasteiger partial charge in [0.25, 0.3) is 0 Å². The first kappa shape index (κ1) is 13.5. The third kappa shape index (κ3) is 3.33. The summed E-state index contributed by atoms with van der Waals surface area (Å²) >= 11 is 0. The fourth-order valence-corrected chi connectivity index (χ4v) is 1.06. The number of pyridine rings is 1. The molecule has 3 nitrogen and oxygen atoms in total. The topological polar surface area (TPSA) is 34.1 Å². The Morgan fingerprint density at radius 2 is 2.07 bits per heavy atom. The van der Waals surface area contributed by atoms with Crippen LogP contribution in [-0.2, 0) is 0 Å². The van der Waals surface area contributed by atoms with E-state index in [4.69, 9.17) is 4.74 Å². The maximum atomic E-state index is 5.58. The van der Waals surface area contributed by atoms with E-state index in [2.05, 4.69) is 10.3 Å². The molecule has 2 rings (SSSR count). The van der Waals surface area contributed by atoms with Gasteiger partial charge in [0.2, 0.25) is 0 Å². The summed E-state index contributed by atoms with van der Waals surface area (Å²) in [6.45, 7) is 3.87. The third-order valence-electron chi connectivity index (χ3n) is 1.93. The summed E-state index contributed by atoms with van der Waals surface area (Å²) in [6, 6.07) is 3.92. The number of halogens is 2.